The second-order valence-corrected chi connectivity index (χ2v) is 5.51. The molecule has 1 N–H and O–H groups in total. The van der Waals surface area contributed by atoms with Crippen LogP contribution in [0.5, 0.6) is 17.2 Å². The highest BCUT2D eigenvalue weighted by molar-refractivity contribution is 14.1. The molecule has 0 amide bonds. The molecule has 0 heterocycles. The molecule has 2 rings (SSSR count). The normalized spacial score (nSPS) is 10.2. The maximum atomic E-state index is 11.2. The summed E-state index contributed by atoms with van der Waals surface area (Å²) in [6, 6.07) is 11.0. The third-order valence-corrected chi connectivity index (χ3v) is 4.14. The lowest BCUT2D eigenvalue weighted by atomic mass is 10.1. The van der Waals surface area contributed by atoms with Crippen LogP contribution in [0.4, 0.5) is 0 Å². The van der Waals surface area contributed by atoms with Gasteiger partial charge in [0.25, 0.3) is 0 Å². The molecule has 0 spiro atoms. The van der Waals surface area contributed by atoms with Gasteiger partial charge in [0.1, 0.15) is 17.9 Å². The van der Waals surface area contributed by atoms with Gasteiger partial charge in [-0.1, -0.05) is 46.9 Å². The van der Waals surface area contributed by atoms with Gasteiger partial charge in [0.05, 0.1) is 14.2 Å². The van der Waals surface area contributed by atoms with Crippen LogP contribution in [0, 0.1) is 0 Å². The SMILES string of the molecule is COc1cc(C(=O)O)c(OC)cc1OCc1cccc(CI)c1. The first-order chi connectivity index (χ1) is 11.1. The topological polar surface area (TPSA) is 65.0 Å². The average molecular weight is 428 g/mol. The standard InChI is InChI=1S/C17H17IO5/c1-21-14-8-16(15(22-2)7-13(14)17(19)20)23-10-12-5-3-4-11(6-12)9-18/h3-8H,9-10H2,1-2H3,(H,19,20). The van der Waals surface area contributed by atoms with Crippen LogP contribution in [0.15, 0.2) is 36.4 Å². The number of carbonyl (C=O) groups is 1. The van der Waals surface area contributed by atoms with Crippen LogP contribution in [0.3, 0.4) is 0 Å². The maximum absolute atomic E-state index is 11.2. The molecule has 0 radical (unpaired) electrons. The van der Waals surface area contributed by atoms with Gasteiger partial charge in [-0.3, -0.25) is 0 Å². The fourth-order valence-electron chi connectivity index (χ4n) is 2.11. The second-order valence-electron chi connectivity index (χ2n) is 4.75. The zero-order valence-electron chi connectivity index (χ0n) is 12.8. The highest BCUT2D eigenvalue weighted by Crippen LogP contribution is 2.35. The first-order valence-electron chi connectivity index (χ1n) is 6.85. The number of methoxy groups -OCH3 is 2. The molecule has 122 valence electrons. The summed E-state index contributed by atoms with van der Waals surface area (Å²) in [5.74, 6) is -0.0572. The third-order valence-electron chi connectivity index (χ3n) is 3.26. The summed E-state index contributed by atoms with van der Waals surface area (Å²) in [6.07, 6.45) is 0. The summed E-state index contributed by atoms with van der Waals surface area (Å²) in [5.41, 5.74) is 2.28. The Morgan fingerprint density at radius 3 is 2.35 bits per heavy atom. The fourth-order valence-corrected chi connectivity index (χ4v) is 2.59. The molecule has 2 aromatic rings. The molecule has 0 unspecified atom stereocenters. The van der Waals surface area contributed by atoms with E-state index >= 15 is 0 Å². The molecule has 0 saturated carbocycles. The molecule has 0 saturated heterocycles. The summed E-state index contributed by atoms with van der Waals surface area (Å²) in [4.78, 5) is 11.2. The van der Waals surface area contributed by atoms with E-state index in [2.05, 4.69) is 34.7 Å². The Kier molecular flexibility index (Phi) is 6.09. The van der Waals surface area contributed by atoms with E-state index < -0.39 is 5.97 Å². The van der Waals surface area contributed by atoms with E-state index in [0.29, 0.717) is 18.1 Å². The molecule has 0 bridgehead atoms. The number of alkyl halides is 1. The summed E-state index contributed by atoms with van der Waals surface area (Å²) >= 11 is 2.31. The second kappa shape index (κ2) is 8.05. The quantitative estimate of drug-likeness (QED) is 0.535. The van der Waals surface area contributed by atoms with Crippen molar-refractivity contribution in [2.75, 3.05) is 14.2 Å². The van der Waals surface area contributed by atoms with Gasteiger partial charge < -0.3 is 19.3 Å². The Labute approximate surface area is 148 Å². The number of carboxylic acids is 1. The minimum atomic E-state index is -1.08. The Morgan fingerprint density at radius 1 is 1.04 bits per heavy atom. The van der Waals surface area contributed by atoms with Gasteiger partial charge in [0, 0.05) is 16.6 Å². The van der Waals surface area contributed by atoms with Crippen LogP contribution in [-0.4, -0.2) is 25.3 Å². The maximum Gasteiger partial charge on any atom is 0.339 e. The number of rotatable bonds is 7. The molecule has 5 nitrogen and oxygen atoms in total. The van der Waals surface area contributed by atoms with Crippen molar-refractivity contribution in [1.29, 1.82) is 0 Å². The van der Waals surface area contributed by atoms with Gasteiger partial charge in [-0.05, 0) is 11.1 Å². The Morgan fingerprint density at radius 2 is 1.74 bits per heavy atom. The van der Waals surface area contributed by atoms with Gasteiger partial charge in [-0.15, -0.1) is 0 Å². The van der Waals surface area contributed by atoms with Gasteiger partial charge in [0.2, 0.25) is 0 Å². The van der Waals surface area contributed by atoms with Gasteiger partial charge in [-0.25, -0.2) is 4.79 Å². The molecule has 2 aromatic carbocycles. The van der Waals surface area contributed by atoms with Gasteiger partial charge in [0.15, 0.2) is 11.5 Å². The minimum Gasteiger partial charge on any atom is -0.496 e. The summed E-state index contributed by atoms with van der Waals surface area (Å²) in [7, 11) is 2.89. The van der Waals surface area contributed by atoms with Crippen molar-refractivity contribution in [2.45, 2.75) is 11.0 Å². The molecule has 23 heavy (non-hydrogen) atoms. The van der Waals surface area contributed by atoms with E-state index in [0.717, 1.165) is 9.99 Å². The first-order valence-corrected chi connectivity index (χ1v) is 8.37. The summed E-state index contributed by atoms with van der Waals surface area (Å²) < 4.78 is 17.1. The van der Waals surface area contributed by atoms with E-state index in [1.807, 2.05) is 12.1 Å². The fraction of sp³-hybridized carbons (Fsp3) is 0.235. The first kappa shape index (κ1) is 17.4. The molecule has 0 aromatic heterocycles. The molecule has 0 aliphatic carbocycles. The third kappa shape index (κ3) is 4.28. The van der Waals surface area contributed by atoms with Crippen molar-refractivity contribution < 1.29 is 24.1 Å². The molecular formula is C17H17IO5. The zero-order valence-corrected chi connectivity index (χ0v) is 15.0. The minimum absolute atomic E-state index is 0.0311. The van der Waals surface area contributed by atoms with E-state index in [4.69, 9.17) is 14.2 Å². The Hall–Kier alpha value is -1.96. The lowest BCUT2D eigenvalue weighted by Gasteiger charge is -2.14. The molecule has 0 aliphatic rings. The highest BCUT2D eigenvalue weighted by atomic mass is 127. The predicted octanol–water partition coefficient (Wildman–Crippen LogP) is 3.92. The van der Waals surface area contributed by atoms with Crippen LogP contribution < -0.4 is 14.2 Å². The predicted molar refractivity (Wildman–Crippen MR) is 95.0 cm³/mol. The largest absolute Gasteiger partial charge is 0.496 e. The average Bonchev–Trinajstić information content (AvgIpc) is 2.59. The number of hydrogen-bond donors (Lipinski definition) is 1. The highest BCUT2D eigenvalue weighted by Gasteiger charge is 2.17. The van der Waals surface area contributed by atoms with Crippen LogP contribution in [0.25, 0.3) is 0 Å². The Bertz CT molecular complexity index is 699. The van der Waals surface area contributed by atoms with Crippen molar-refractivity contribution in [1.82, 2.24) is 0 Å². The van der Waals surface area contributed by atoms with E-state index in [1.54, 1.807) is 0 Å². The van der Waals surface area contributed by atoms with Crippen molar-refractivity contribution >= 4 is 28.6 Å². The Balaban J connectivity index is 2.26. The van der Waals surface area contributed by atoms with Crippen LogP contribution in [0.2, 0.25) is 0 Å². The smallest absolute Gasteiger partial charge is 0.339 e. The number of carboxylic acid groups (broad SMARTS) is 1. The lowest BCUT2D eigenvalue weighted by Crippen LogP contribution is -2.04. The molecule has 0 fully saturated rings. The number of aromatic carboxylic acids is 1. The molecule has 0 aliphatic heterocycles. The van der Waals surface area contributed by atoms with Gasteiger partial charge >= 0.3 is 5.97 Å². The summed E-state index contributed by atoms with van der Waals surface area (Å²) in [6.45, 7) is 0.358. The van der Waals surface area contributed by atoms with Crippen LogP contribution in [-0.2, 0) is 11.0 Å². The van der Waals surface area contributed by atoms with Crippen LogP contribution >= 0.6 is 22.6 Å². The zero-order chi connectivity index (χ0) is 16.8. The molecule has 6 heteroatoms. The number of hydrogen-bond acceptors (Lipinski definition) is 4. The monoisotopic (exact) mass is 428 g/mol. The van der Waals surface area contributed by atoms with Crippen LogP contribution in [0.1, 0.15) is 21.5 Å². The number of halogens is 1. The van der Waals surface area contributed by atoms with Crippen molar-refractivity contribution in [3.63, 3.8) is 0 Å². The molecule has 0 atom stereocenters. The van der Waals surface area contributed by atoms with E-state index in [9.17, 15) is 9.90 Å². The number of ether oxygens (including phenoxy) is 3. The van der Waals surface area contributed by atoms with Crippen molar-refractivity contribution in [2.24, 2.45) is 0 Å². The summed E-state index contributed by atoms with van der Waals surface area (Å²) in [5, 5.41) is 9.20. The van der Waals surface area contributed by atoms with E-state index in [1.165, 1.54) is 31.9 Å². The van der Waals surface area contributed by atoms with Crippen molar-refractivity contribution in [3.8, 4) is 17.2 Å². The van der Waals surface area contributed by atoms with Gasteiger partial charge in [-0.2, -0.15) is 0 Å². The number of benzene rings is 2. The molecular weight excluding hydrogens is 411 g/mol. The van der Waals surface area contributed by atoms with E-state index in [-0.39, 0.29) is 11.3 Å². The van der Waals surface area contributed by atoms with Crippen molar-refractivity contribution in [3.05, 3.63) is 53.1 Å². The lowest BCUT2D eigenvalue weighted by molar-refractivity contribution is 0.0692.